The van der Waals surface area contributed by atoms with Gasteiger partial charge in [0, 0.05) is 13.3 Å². The highest BCUT2D eigenvalue weighted by atomic mass is 16.4. The maximum atomic E-state index is 12.1. The van der Waals surface area contributed by atoms with Crippen LogP contribution in [0.5, 0.6) is 0 Å². The summed E-state index contributed by atoms with van der Waals surface area (Å²) >= 11 is 0. The Morgan fingerprint density at radius 2 is 1.61 bits per heavy atom. The molecule has 1 aromatic rings. The van der Waals surface area contributed by atoms with E-state index in [0.717, 1.165) is 6.92 Å². The highest BCUT2D eigenvalue weighted by Gasteiger charge is 2.27. The molecule has 0 aromatic heterocycles. The summed E-state index contributed by atoms with van der Waals surface area (Å²) in [6, 6.07) is 6.12. The molecule has 2 atom stereocenters. The second-order valence-electron chi connectivity index (χ2n) is 4.94. The van der Waals surface area contributed by atoms with Gasteiger partial charge in [-0.15, -0.1) is 0 Å². The van der Waals surface area contributed by atoms with Crippen LogP contribution in [0.25, 0.3) is 0 Å². The fraction of sp³-hybridized carbons (Fsp3) is 0.333. The van der Waals surface area contributed by atoms with Crippen molar-refractivity contribution < 1.29 is 29.4 Å². The van der Waals surface area contributed by atoms with E-state index < -0.39 is 42.3 Å². The zero-order valence-corrected chi connectivity index (χ0v) is 12.5. The molecule has 0 aliphatic carbocycles. The Morgan fingerprint density at radius 1 is 1.00 bits per heavy atom. The Kier molecular flexibility index (Phi) is 6.72. The van der Waals surface area contributed by atoms with Gasteiger partial charge in [-0.3, -0.25) is 14.4 Å². The number of aliphatic carboxylic acids is 2. The molecule has 8 nitrogen and oxygen atoms in total. The van der Waals surface area contributed by atoms with E-state index in [0.29, 0.717) is 5.56 Å². The lowest BCUT2D eigenvalue weighted by Crippen LogP contribution is -2.52. The molecule has 0 aliphatic rings. The molecule has 1 aromatic carbocycles. The van der Waals surface area contributed by atoms with Gasteiger partial charge in [0.15, 0.2) is 0 Å². The second kappa shape index (κ2) is 8.52. The van der Waals surface area contributed by atoms with Crippen molar-refractivity contribution in [1.82, 2.24) is 10.6 Å². The number of carboxylic acids is 2. The van der Waals surface area contributed by atoms with Crippen LogP contribution in [0.1, 0.15) is 18.9 Å². The number of carbonyl (C=O) groups is 4. The first-order chi connectivity index (χ1) is 10.8. The molecule has 124 valence electrons. The molecule has 0 fully saturated rings. The van der Waals surface area contributed by atoms with Gasteiger partial charge in [-0.05, 0) is 5.56 Å². The molecule has 0 radical (unpaired) electrons. The maximum Gasteiger partial charge on any atom is 0.326 e. The quantitative estimate of drug-likeness (QED) is 0.523. The molecule has 0 spiro atoms. The fourth-order valence-electron chi connectivity index (χ4n) is 1.95. The van der Waals surface area contributed by atoms with Crippen LogP contribution >= 0.6 is 0 Å². The smallest absolute Gasteiger partial charge is 0.326 e. The number of carboxylic acid groups (broad SMARTS) is 2. The third-order valence-electron chi connectivity index (χ3n) is 2.97. The van der Waals surface area contributed by atoms with E-state index in [2.05, 4.69) is 10.6 Å². The summed E-state index contributed by atoms with van der Waals surface area (Å²) in [6.45, 7) is 1.14. The van der Waals surface area contributed by atoms with Gasteiger partial charge in [0.2, 0.25) is 11.8 Å². The minimum absolute atomic E-state index is 0.0434. The molecule has 8 heteroatoms. The summed E-state index contributed by atoms with van der Waals surface area (Å²) in [5.74, 6) is -3.97. The zero-order chi connectivity index (χ0) is 17.4. The van der Waals surface area contributed by atoms with Crippen LogP contribution in [0.2, 0.25) is 0 Å². The van der Waals surface area contributed by atoms with E-state index in [-0.39, 0.29) is 6.42 Å². The average Bonchev–Trinajstić information content (AvgIpc) is 2.45. The minimum atomic E-state index is -1.33. The topological polar surface area (TPSA) is 133 Å². The highest BCUT2D eigenvalue weighted by Crippen LogP contribution is 2.04. The number of nitrogens with one attached hydrogen (secondary N) is 2. The van der Waals surface area contributed by atoms with Crippen LogP contribution in [0.4, 0.5) is 0 Å². The standard InChI is InChI=1S/C15H18N2O6/c1-9(18)16-11(8-13(19)20)14(21)17-12(15(22)23)7-10-5-3-2-4-6-10/h2-6,11-12H,7-8H2,1H3,(H,16,18)(H,17,21)(H,19,20)(H,22,23). The Morgan fingerprint density at radius 3 is 2.09 bits per heavy atom. The molecular weight excluding hydrogens is 304 g/mol. The van der Waals surface area contributed by atoms with E-state index in [1.165, 1.54) is 0 Å². The van der Waals surface area contributed by atoms with Crippen molar-refractivity contribution >= 4 is 23.8 Å². The Hall–Kier alpha value is -2.90. The predicted octanol–water partition coefficient (Wildman–Crippen LogP) is -0.222. The Bertz CT molecular complexity index is 571. The van der Waals surface area contributed by atoms with Crippen molar-refractivity contribution in [2.24, 2.45) is 0 Å². The molecular formula is C15H18N2O6. The molecule has 0 aliphatic heterocycles. The van der Waals surface area contributed by atoms with Gasteiger partial charge >= 0.3 is 11.9 Å². The second-order valence-corrected chi connectivity index (χ2v) is 4.94. The summed E-state index contributed by atoms with van der Waals surface area (Å²) in [5.41, 5.74) is 0.703. The summed E-state index contributed by atoms with van der Waals surface area (Å²) in [7, 11) is 0. The molecule has 0 saturated heterocycles. The van der Waals surface area contributed by atoms with Crippen molar-refractivity contribution in [2.75, 3.05) is 0 Å². The van der Waals surface area contributed by atoms with Crippen LogP contribution in [0, 0.1) is 0 Å². The van der Waals surface area contributed by atoms with E-state index in [1.54, 1.807) is 30.3 Å². The van der Waals surface area contributed by atoms with Gasteiger partial charge in [0.1, 0.15) is 12.1 Å². The van der Waals surface area contributed by atoms with Gasteiger partial charge in [-0.2, -0.15) is 0 Å². The fourth-order valence-corrected chi connectivity index (χ4v) is 1.95. The maximum absolute atomic E-state index is 12.1. The molecule has 2 amide bonds. The molecule has 2 unspecified atom stereocenters. The third kappa shape index (κ3) is 6.60. The van der Waals surface area contributed by atoms with Crippen LogP contribution in [-0.2, 0) is 25.6 Å². The monoisotopic (exact) mass is 322 g/mol. The van der Waals surface area contributed by atoms with Crippen LogP contribution in [0.3, 0.4) is 0 Å². The first-order valence-electron chi connectivity index (χ1n) is 6.85. The van der Waals surface area contributed by atoms with E-state index in [9.17, 15) is 24.3 Å². The predicted molar refractivity (Wildman–Crippen MR) is 79.6 cm³/mol. The molecule has 0 bridgehead atoms. The number of amides is 2. The van der Waals surface area contributed by atoms with Crippen LogP contribution in [0.15, 0.2) is 30.3 Å². The average molecular weight is 322 g/mol. The Balaban J connectivity index is 2.80. The lowest BCUT2D eigenvalue weighted by atomic mass is 10.1. The molecule has 23 heavy (non-hydrogen) atoms. The van der Waals surface area contributed by atoms with E-state index >= 15 is 0 Å². The van der Waals surface area contributed by atoms with Gasteiger partial charge in [-0.1, -0.05) is 30.3 Å². The zero-order valence-electron chi connectivity index (χ0n) is 12.5. The van der Waals surface area contributed by atoms with Gasteiger partial charge in [0.05, 0.1) is 6.42 Å². The number of hydrogen-bond donors (Lipinski definition) is 4. The molecule has 4 N–H and O–H groups in total. The first-order valence-corrected chi connectivity index (χ1v) is 6.85. The van der Waals surface area contributed by atoms with Crippen molar-refractivity contribution in [2.45, 2.75) is 31.8 Å². The SMILES string of the molecule is CC(=O)NC(CC(=O)O)C(=O)NC(Cc1ccccc1)C(=O)O. The number of rotatable bonds is 8. The van der Waals surface area contributed by atoms with Crippen molar-refractivity contribution in [3.8, 4) is 0 Å². The molecule has 1 rings (SSSR count). The third-order valence-corrected chi connectivity index (χ3v) is 2.97. The lowest BCUT2D eigenvalue weighted by molar-refractivity contribution is -0.143. The lowest BCUT2D eigenvalue weighted by Gasteiger charge is -2.20. The van der Waals surface area contributed by atoms with E-state index in [4.69, 9.17) is 5.11 Å². The first kappa shape index (κ1) is 18.1. The summed E-state index contributed by atoms with van der Waals surface area (Å²) in [5, 5.41) is 22.4. The van der Waals surface area contributed by atoms with Gasteiger partial charge in [-0.25, -0.2) is 4.79 Å². The minimum Gasteiger partial charge on any atom is -0.481 e. The van der Waals surface area contributed by atoms with Crippen LogP contribution < -0.4 is 10.6 Å². The van der Waals surface area contributed by atoms with Gasteiger partial charge < -0.3 is 20.8 Å². The summed E-state index contributed by atoms with van der Waals surface area (Å²) < 4.78 is 0. The van der Waals surface area contributed by atoms with Crippen molar-refractivity contribution in [3.05, 3.63) is 35.9 Å². The largest absolute Gasteiger partial charge is 0.481 e. The molecule has 0 heterocycles. The van der Waals surface area contributed by atoms with Gasteiger partial charge in [0.25, 0.3) is 0 Å². The van der Waals surface area contributed by atoms with Crippen molar-refractivity contribution in [3.63, 3.8) is 0 Å². The highest BCUT2D eigenvalue weighted by molar-refractivity contribution is 5.92. The van der Waals surface area contributed by atoms with E-state index in [1.807, 2.05) is 0 Å². The number of carbonyl (C=O) groups excluding carboxylic acids is 2. The summed E-state index contributed by atoms with van der Waals surface area (Å²) in [4.78, 5) is 45.2. The molecule has 0 saturated carbocycles. The van der Waals surface area contributed by atoms with Crippen LogP contribution in [-0.4, -0.2) is 46.0 Å². The Labute approximate surface area is 132 Å². The normalized spacial score (nSPS) is 12.7. The number of benzene rings is 1. The number of hydrogen-bond acceptors (Lipinski definition) is 4. The van der Waals surface area contributed by atoms with Crippen molar-refractivity contribution in [1.29, 1.82) is 0 Å². The summed E-state index contributed by atoms with van der Waals surface area (Å²) in [6.07, 6.45) is -0.592.